The topological polar surface area (TPSA) is 116 Å². The number of carbonyl (C=O) groups excluding carboxylic acids is 1. The van der Waals surface area contributed by atoms with Crippen LogP contribution >= 0.6 is 0 Å². The van der Waals surface area contributed by atoms with Gasteiger partial charge in [0.1, 0.15) is 5.75 Å². The van der Waals surface area contributed by atoms with E-state index in [1.54, 1.807) is 18.2 Å². The van der Waals surface area contributed by atoms with Crippen molar-refractivity contribution in [1.29, 1.82) is 0 Å². The Balaban J connectivity index is 2.42. The van der Waals surface area contributed by atoms with Gasteiger partial charge in [0.05, 0.1) is 16.8 Å². The van der Waals surface area contributed by atoms with Crippen LogP contribution in [0, 0.1) is 0 Å². The number of benzene rings is 2. The average Bonchev–Trinajstić information content (AvgIpc) is 2.41. The van der Waals surface area contributed by atoms with Gasteiger partial charge in [0.15, 0.2) is 5.75 Å². The van der Waals surface area contributed by atoms with Gasteiger partial charge in [-0.2, -0.15) is 0 Å². The lowest BCUT2D eigenvalue weighted by molar-refractivity contribution is 0.0696. The molecule has 0 saturated heterocycles. The van der Waals surface area contributed by atoms with Crippen molar-refractivity contribution in [2.24, 2.45) is 5.73 Å². The Hall–Kier alpha value is -3.02. The molecule has 2 aromatic rings. The molecule has 0 spiro atoms. The lowest BCUT2D eigenvalue weighted by Crippen LogP contribution is -2.12. The molecular weight excluding hydrogens is 260 g/mol. The molecule has 0 atom stereocenters. The quantitative estimate of drug-likeness (QED) is 0.734. The maximum Gasteiger partial charge on any atom is 0.335 e. The number of carbonyl (C=O) groups is 2. The van der Waals surface area contributed by atoms with Crippen molar-refractivity contribution in [2.45, 2.75) is 0 Å². The Morgan fingerprint density at radius 3 is 2.40 bits per heavy atom. The van der Waals surface area contributed by atoms with Crippen LogP contribution in [0.5, 0.6) is 11.5 Å². The summed E-state index contributed by atoms with van der Waals surface area (Å²) in [6, 6.07) is 10.4. The van der Waals surface area contributed by atoms with Gasteiger partial charge in [-0.15, -0.1) is 0 Å². The Labute approximate surface area is 114 Å². The highest BCUT2D eigenvalue weighted by atomic mass is 16.5. The first kappa shape index (κ1) is 13.4. The number of primary amides is 1. The third-order valence-corrected chi connectivity index (χ3v) is 2.63. The molecule has 102 valence electrons. The van der Waals surface area contributed by atoms with E-state index in [-0.39, 0.29) is 28.3 Å². The zero-order chi connectivity index (χ0) is 14.7. The van der Waals surface area contributed by atoms with Crippen LogP contribution in [0.15, 0.2) is 42.5 Å². The molecule has 0 heterocycles. The van der Waals surface area contributed by atoms with Gasteiger partial charge < -0.3 is 21.3 Å². The smallest absolute Gasteiger partial charge is 0.335 e. The maximum absolute atomic E-state index is 11.3. The second kappa shape index (κ2) is 5.31. The van der Waals surface area contributed by atoms with Gasteiger partial charge in [-0.25, -0.2) is 4.79 Å². The number of carboxylic acid groups (broad SMARTS) is 1. The molecule has 1 amide bonds. The molecule has 5 N–H and O–H groups in total. The fraction of sp³-hybridized carbons (Fsp3) is 0. The second-order valence-electron chi connectivity index (χ2n) is 4.02. The number of carboxylic acids is 1. The van der Waals surface area contributed by atoms with Crippen LogP contribution in [-0.2, 0) is 0 Å². The standard InChI is InChI=1S/C14H12N2O4/c15-10-6-5-8(14(18)19)7-12(10)20-11-4-2-1-3-9(11)13(16)17/h1-7H,15H2,(H2,16,17)(H,18,19). The van der Waals surface area contributed by atoms with E-state index in [2.05, 4.69) is 0 Å². The molecule has 0 bridgehead atoms. The van der Waals surface area contributed by atoms with Crippen molar-refractivity contribution >= 4 is 17.6 Å². The normalized spacial score (nSPS) is 10.0. The van der Waals surface area contributed by atoms with Crippen LogP contribution in [0.2, 0.25) is 0 Å². The van der Waals surface area contributed by atoms with Crippen molar-refractivity contribution in [3.63, 3.8) is 0 Å². The summed E-state index contributed by atoms with van der Waals surface area (Å²) >= 11 is 0. The van der Waals surface area contributed by atoms with Gasteiger partial charge in [-0.3, -0.25) is 4.79 Å². The van der Waals surface area contributed by atoms with Gasteiger partial charge in [0, 0.05) is 0 Å². The van der Waals surface area contributed by atoms with E-state index in [0.717, 1.165) is 0 Å². The molecule has 0 radical (unpaired) electrons. The summed E-state index contributed by atoms with van der Waals surface area (Å²) in [4.78, 5) is 22.2. The minimum atomic E-state index is -1.10. The fourth-order valence-electron chi connectivity index (χ4n) is 1.63. The molecule has 0 fully saturated rings. The maximum atomic E-state index is 11.3. The van der Waals surface area contributed by atoms with E-state index in [4.69, 9.17) is 21.3 Å². The Kier molecular flexibility index (Phi) is 3.56. The predicted octanol–water partition coefficient (Wildman–Crippen LogP) is 1.86. The number of anilines is 1. The predicted molar refractivity (Wildman–Crippen MR) is 72.8 cm³/mol. The minimum absolute atomic E-state index is 0.0331. The summed E-state index contributed by atoms with van der Waals surface area (Å²) in [7, 11) is 0. The molecule has 0 aliphatic heterocycles. The molecule has 2 aromatic carbocycles. The first-order valence-electron chi connectivity index (χ1n) is 5.68. The van der Waals surface area contributed by atoms with Crippen LogP contribution in [-0.4, -0.2) is 17.0 Å². The number of ether oxygens (including phenoxy) is 1. The number of nitrogens with two attached hydrogens (primary N) is 2. The van der Waals surface area contributed by atoms with Gasteiger partial charge in [0.25, 0.3) is 5.91 Å². The highest BCUT2D eigenvalue weighted by Gasteiger charge is 2.12. The third kappa shape index (κ3) is 2.69. The van der Waals surface area contributed by atoms with Crippen molar-refractivity contribution in [2.75, 3.05) is 5.73 Å². The van der Waals surface area contributed by atoms with Gasteiger partial charge in [0.2, 0.25) is 0 Å². The summed E-state index contributed by atoms with van der Waals surface area (Å²) in [5.41, 5.74) is 11.4. The fourth-order valence-corrected chi connectivity index (χ4v) is 1.63. The molecule has 0 aromatic heterocycles. The number of amides is 1. The zero-order valence-electron chi connectivity index (χ0n) is 10.4. The molecular formula is C14H12N2O4. The minimum Gasteiger partial charge on any atom is -0.478 e. The Bertz CT molecular complexity index is 683. The molecule has 6 nitrogen and oxygen atoms in total. The molecule has 6 heteroatoms. The number of rotatable bonds is 4. The number of hydrogen-bond donors (Lipinski definition) is 3. The van der Waals surface area contributed by atoms with Crippen LogP contribution in [0.25, 0.3) is 0 Å². The lowest BCUT2D eigenvalue weighted by Gasteiger charge is -2.11. The van der Waals surface area contributed by atoms with Gasteiger partial charge in [-0.1, -0.05) is 12.1 Å². The highest BCUT2D eigenvalue weighted by molar-refractivity contribution is 5.95. The summed E-state index contributed by atoms with van der Waals surface area (Å²) in [5.74, 6) is -1.38. The summed E-state index contributed by atoms with van der Waals surface area (Å²) in [5, 5.41) is 8.94. The number of para-hydroxylation sites is 1. The molecule has 2 rings (SSSR count). The molecule has 0 aliphatic carbocycles. The Morgan fingerprint density at radius 1 is 1.05 bits per heavy atom. The van der Waals surface area contributed by atoms with Crippen LogP contribution < -0.4 is 16.2 Å². The molecule has 0 saturated carbocycles. The van der Waals surface area contributed by atoms with E-state index in [1.165, 1.54) is 24.3 Å². The zero-order valence-corrected chi connectivity index (χ0v) is 10.4. The molecule has 0 unspecified atom stereocenters. The monoisotopic (exact) mass is 272 g/mol. The average molecular weight is 272 g/mol. The van der Waals surface area contributed by atoms with Gasteiger partial charge in [-0.05, 0) is 30.3 Å². The van der Waals surface area contributed by atoms with Crippen molar-refractivity contribution < 1.29 is 19.4 Å². The largest absolute Gasteiger partial charge is 0.478 e. The summed E-state index contributed by atoms with van der Waals surface area (Å²) < 4.78 is 5.50. The van der Waals surface area contributed by atoms with Crippen molar-refractivity contribution in [3.05, 3.63) is 53.6 Å². The first-order valence-corrected chi connectivity index (χ1v) is 5.68. The van der Waals surface area contributed by atoms with E-state index in [1.807, 2.05) is 0 Å². The number of nitrogen functional groups attached to an aromatic ring is 1. The molecule has 20 heavy (non-hydrogen) atoms. The summed E-state index contributed by atoms with van der Waals surface area (Å²) in [6.07, 6.45) is 0. The second-order valence-corrected chi connectivity index (χ2v) is 4.02. The van der Waals surface area contributed by atoms with Crippen LogP contribution in [0.3, 0.4) is 0 Å². The third-order valence-electron chi connectivity index (χ3n) is 2.63. The number of aromatic carboxylic acids is 1. The van der Waals surface area contributed by atoms with Crippen LogP contribution in [0.4, 0.5) is 5.69 Å². The van der Waals surface area contributed by atoms with Gasteiger partial charge >= 0.3 is 5.97 Å². The lowest BCUT2D eigenvalue weighted by atomic mass is 10.1. The van der Waals surface area contributed by atoms with E-state index in [0.29, 0.717) is 0 Å². The SMILES string of the molecule is NC(=O)c1ccccc1Oc1cc(C(=O)O)ccc1N. The van der Waals surface area contributed by atoms with Crippen molar-refractivity contribution in [3.8, 4) is 11.5 Å². The summed E-state index contributed by atoms with van der Waals surface area (Å²) in [6.45, 7) is 0. The Morgan fingerprint density at radius 2 is 1.75 bits per heavy atom. The van der Waals surface area contributed by atoms with E-state index < -0.39 is 11.9 Å². The molecule has 0 aliphatic rings. The van der Waals surface area contributed by atoms with E-state index in [9.17, 15) is 9.59 Å². The highest BCUT2D eigenvalue weighted by Crippen LogP contribution is 2.30. The van der Waals surface area contributed by atoms with Crippen LogP contribution in [0.1, 0.15) is 20.7 Å². The van der Waals surface area contributed by atoms with E-state index >= 15 is 0 Å². The number of hydrogen-bond acceptors (Lipinski definition) is 4. The first-order chi connectivity index (χ1) is 9.49. The van der Waals surface area contributed by atoms with Crippen molar-refractivity contribution in [1.82, 2.24) is 0 Å².